The molecular formula is C20H30ClFN2O. The number of halogens is 2. The molecule has 5 heteroatoms. The molecule has 2 aliphatic heterocycles. The van der Waals surface area contributed by atoms with Crippen LogP contribution in [0.25, 0.3) is 0 Å². The summed E-state index contributed by atoms with van der Waals surface area (Å²) in [7, 11) is 0. The van der Waals surface area contributed by atoms with Crippen LogP contribution in [0.1, 0.15) is 61.7 Å². The van der Waals surface area contributed by atoms with Gasteiger partial charge in [0.05, 0.1) is 5.56 Å². The Labute approximate surface area is 157 Å². The summed E-state index contributed by atoms with van der Waals surface area (Å²) in [5.74, 6) is -0.534. The fourth-order valence-electron chi connectivity index (χ4n) is 4.05. The number of carbonyl (C=O) groups is 1. The summed E-state index contributed by atoms with van der Waals surface area (Å²) in [6.45, 7) is 4.20. The van der Waals surface area contributed by atoms with E-state index in [1.807, 2.05) is 4.90 Å². The van der Waals surface area contributed by atoms with Crippen molar-refractivity contribution < 1.29 is 9.18 Å². The zero-order valence-electron chi connectivity index (χ0n) is 15.0. The van der Waals surface area contributed by atoms with Crippen LogP contribution < -0.4 is 0 Å². The first-order valence-corrected chi connectivity index (χ1v) is 9.53. The first kappa shape index (κ1) is 20.2. The number of hydrogen-bond acceptors (Lipinski definition) is 2. The molecule has 0 N–H and O–H groups in total. The van der Waals surface area contributed by atoms with Crippen molar-refractivity contribution in [3.63, 3.8) is 0 Å². The summed E-state index contributed by atoms with van der Waals surface area (Å²) < 4.78 is 14.0. The molecule has 1 unspecified atom stereocenters. The van der Waals surface area contributed by atoms with Crippen molar-refractivity contribution in [3.8, 4) is 0 Å². The molecule has 0 saturated carbocycles. The number of piperidine rings is 1. The van der Waals surface area contributed by atoms with Crippen LogP contribution in [-0.2, 0) is 0 Å². The van der Waals surface area contributed by atoms with Crippen LogP contribution >= 0.6 is 12.4 Å². The molecule has 2 saturated heterocycles. The van der Waals surface area contributed by atoms with E-state index >= 15 is 0 Å². The molecule has 3 nitrogen and oxygen atoms in total. The van der Waals surface area contributed by atoms with Gasteiger partial charge >= 0.3 is 0 Å². The minimum absolute atomic E-state index is 0. The summed E-state index contributed by atoms with van der Waals surface area (Å²) in [5, 5.41) is 0. The van der Waals surface area contributed by atoms with Crippen LogP contribution in [0.15, 0.2) is 24.3 Å². The lowest BCUT2D eigenvalue weighted by Gasteiger charge is -2.37. The second kappa shape index (κ2) is 10.1. The van der Waals surface area contributed by atoms with Crippen molar-refractivity contribution in [3.05, 3.63) is 35.6 Å². The molecule has 2 fully saturated rings. The zero-order valence-corrected chi connectivity index (χ0v) is 15.8. The van der Waals surface area contributed by atoms with Crippen LogP contribution in [0.4, 0.5) is 4.39 Å². The summed E-state index contributed by atoms with van der Waals surface area (Å²) in [5.41, 5.74) is 0.221. The molecule has 0 aromatic heterocycles. The summed E-state index contributed by atoms with van der Waals surface area (Å²) in [4.78, 5) is 17.3. The monoisotopic (exact) mass is 368 g/mol. The molecule has 0 aliphatic carbocycles. The lowest BCUT2D eigenvalue weighted by Crippen LogP contribution is -2.45. The molecule has 1 aromatic carbocycles. The van der Waals surface area contributed by atoms with Crippen molar-refractivity contribution >= 4 is 18.3 Å². The van der Waals surface area contributed by atoms with Crippen LogP contribution in [0.3, 0.4) is 0 Å². The molecular weight excluding hydrogens is 339 g/mol. The smallest absolute Gasteiger partial charge is 0.257 e. The highest BCUT2D eigenvalue weighted by Gasteiger charge is 2.29. The van der Waals surface area contributed by atoms with E-state index in [-0.39, 0.29) is 29.9 Å². The SMILES string of the molecule is Cl.O=C(c1ccccc1F)N1CCCCC1CCN1CCCCCC1. The Kier molecular flexibility index (Phi) is 8.17. The van der Waals surface area contributed by atoms with Crippen molar-refractivity contribution in [2.24, 2.45) is 0 Å². The number of rotatable bonds is 4. The first-order valence-electron chi connectivity index (χ1n) is 9.53. The predicted molar refractivity (Wildman–Crippen MR) is 102 cm³/mol. The van der Waals surface area contributed by atoms with Crippen molar-refractivity contribution in [2.75, 3.05) is 26.2 Å². The average molecular weight is 369 g/mol. The molecule has 0 bridgehead atoms. The maximum Gasteiger partial charge on any atom is 0.257 e. The molecule has 25 heavy (non-hydrogen) atoms. The standard InChI is InChI=1S/C20H29FN2O.ClH/c21-19-11-4-3-10-18(19)20(24)23-15-8-5-9-17(23)12-16-22-13-6-1-2-7-14-22;/h3-4,10-11,17H,1-2,5-9,12-16H2;1H. The fourth-order valence-corrected chi connectivity index (χ4v) is 4.05. The van der Waals surface area contributed by atoms with Gasteiger partial charge in [0.2, 0.25) is 0 Å². The van der Waals surface area contributed by atoms with Gasteiger partial charge in [-0.25, -0.2) is 4.39 Å². The molecule has 0 spiro atoms. The van der Waals surface area contributed by atoms with E-state index in [4.69, 9.17) is 0 Å². The number of nitrogens with zero attached hydrogens (tertiary/aromatic N) is 2. The van der Waals surface area contributed by atoms with Crippen LogP contribution in [0.5, 0.6) is 0 Å². The topological polar surface area (TPSA) is 23.6 Å². The molecule has 2 aliphatic rings. The van der Waals surface area contributed by atoms with Crippen LogP contribution in [0, 0.1) is 5.82 Å². The third kappa shape index (κ3) is 5.42. The highest BCUT2D eigenvalue weighted by Crippen LogP contribution is 2.23. The van der Waals surface area contributed by atoms with E-state index in [9.17, 15) is 9.18 Å². The molecule has 2 heterocycles. The van der Waals surface area contributed by atoms with Crippen LogP contribution in [0.2, 0.25) is 0 Å². The van der Waals surface area contributed by atoms with E-state index in [0.29, 0.717) is 0 Å². The van der Waals surface area contributed by atoms with E-state index in [1.54, 1.807) is 18.2 Å². The van der Waals surface area contributed by atoms with E-state index in [2.05, 4.69) is 4.90 Å². The van der Waals surface area contributed by atoms with Gasteiger partial charge < -0.3 is 9.80 Å². The average Bonchev–Trinajstić information content (AvgIpc) is 2.89. The fraction of sp³-hybridized carbons (Fsp3) is 0.650. The van der Waals surface area contributed by atoms with E-state index < -0.39 is 5.82 Å². The number of amides is 1. The van der Waals surface area contributed by atoms with Crippen LogP contribution in [-0.4, -0.2) is 47.9 Å². The van der Waals surface area contributed by atoms with Gasteiger partial charge in [-0.05, 0) is 63.7 Å². The summed E-state index contributed by atoms with van der Waals surface area (Å²) in [6, 6.07) is 6.63. The lowest BCUT2D eigenvalue weighted by molar-refractivity contribution is 0.0579. The Balaban J connectivity index is 0.00000225. The Morgan fingerprint density at radius 1 is 1.00 bits per heavy atom. The van der Waals surface area contributed by atoms with Gasteiger partial charge in [0.1, 0.15) is 5.82 Å². The zero-order chi connectivity index (χ0) is 16.8. The Morgan fingerprint density at radius 3 is 2.40 bits per heavy atom. The first-order chi connectivity index (χ1) is 11.8. The van der Waals surface area contributed by atoms with Gasteiger partial charge in [-0.3, -0.25) is 4.79 Å². The van der Waals surface area contributed by atoms with Gasteiger partial charge in [0.15, 0.2) is 0 Å². The van der Waals surface area contributed by atoms with Gasteiger partial charge in [-0.2, -0.15) is 0 Å². The lowest BCUT2D eigenvalue weighted by atomic mass is 9.97. The Bertz CT molecular complexity index is 546. The molecule has 140 valence electrons. The highest BCUT2D eigenvalue weighted by atomic mass is 35.5. The minimum atomic E-state index is -0.403. The van der Waals surface area contributed by atoms with E-state index in [0.717, 1.165) is 32.4 Å². The van der Waals surface area contributed by atoms with Crippen molar-refractivity contribution in [1.82, 2.24) is 9.80 Å². The third-order valence-electron chi connectivity index (χ3n) is 5.47. The number of carbonyl (C=O) groups excluding carboxylic acids is 1. The van der Waals surface area contributed by atoms with Gasteiger partial charge in [-0.15, -0.1) is 12.4 Å². The maximum atomic E-state index is 14.0. The summed E-state index contributed by atoms with van der Waals surface area (Å²) >= 11 is 0. The molecule has 1 atom stereocenters. The minimum Gasteiger partial charge on any atom is -0.336 e. The largest absolute Gasteiger partial charge is 0.336 e. The Hall–Kier alpha value is -1.13. The molecule has 1 aromatic rings. The van der Waals surface area contributed by atoms with E-state index in [1.165, 1.54) is 51.3 Å². The normalized spacial score (nSPS) is 22.1. The predicted octanol–water partition coefficient (Wildman–Crippen LogP) is 4.51. The summed E-state index contributed by atoms with van der Waals surface area (Å²) in [6.07, 6.45) is 9.54. The second-order valence-electron chi connectivity index (χ2n) is 7.17. The molecule has 1 amide bonds. The van der Waals surface area contributed by atoms with Gasteiger partial charge in [0.25, 0.3) is 5.91 Å². The maximum absolute atomic E-state index is 14.0. The highest BCUT2D eigenvalue weighted by molar-refractivity contribution is 5.94. The number of hydrogen-bond donors (Lipinski definition) is 0. The third-order valence-corrected chi connectivity index (χ3v) is 5.47. The number of likely N-dealkylation sites (tertiary alicyclic amines) is 2. The van der Waals surface area contributed by atoms with Gasteiger partial charge in [0, 0.05) is 19.1 Å². The Morgan fingerprint density at radius 2 is 1.68 bits per heavy atom. The number of benzene rings is 1. The molecule has 0 radical (unpaired) electrons. The quantitative estimate of drug-likeness (QED) is 0.780. The molecule has 3 rings (SSSR count). The van der Waals surface area contributed by atoms with Crippen molar-refractivity contribution in [2.45, 2.75) is 57.4 Å². The van der Waals surface area contributed by atoms with Crippen molar-refractivity contribution in [1.29, 1.82) is 0 Å². The van der Waals surface area contributed by atoms with Gasteiger partial charge in [-0.1, -0.05) is 25.0 Å². The second-order valence-corrected chi connectivity index (χ2v) is 7.17.